The van der Waals surface area contributed by atoms with E-state index in [0.717, 1.165) is 22.0 Å². The van der Waals surface area contributed by atoms with E-state index in [1.807, 2.05) is 24.3 Å². The second-order valence-corrected chi connectivity index (χ2v) is 7.76. The lowest BCUT2D eigenvalue weighted by molar-refractivity contribution is -0.885. The van der Waals surface area contributed by atoms with Crippen LogP contribution in [0, 0.1) is 13.8 Å². The van der Waals surface area contributed by atoms with Crippen LogP contribution in [0.3, 0.4) is 0 Å². The Balaban J connectivity index is 1.56. The molecule has 1 fully saturated rings. The Morgan fingerprint density at radius 1 is 1.19 bits per heavy atom. The summed E-state index contributed by atoms with van der Waals surface area (Å²) in [5.41, 5.74) is 3.28. The molecule has 3 rings (SSSR count). The van der Waals surface area contributed by atoms with Crippen molar-refractivity contribution in [2.24, 2.45) is 0 Å². The van der Waals surface area contributed by atoms with E-state index in [2.05, 4.69) is 42.7 Å². The third-order valence-electron chi connectivity index (χ3n) is 4.33. The molecule has 2 amide bonds. The van der Waals surface area contributed by atoms with Crippen LogP contribution in [0.4, 0.5) is 5.69 Å². The summed E-state index contributed by atoms with van der Waals surface area (Å²) < 4.78 is 0. The van der Waals surface area contributed by atoms with Crippen LogP contribution in [-0.4, -0.2) is 38.0 Å². The summed E-state index contributed by atoms with van der Waals surface area (Å²) in [5.74, 6) is -0.0588. The maximum Gasteiger partial charge on any atom is 0.279 e. The number of quaternary nitrogens is 1. The summed E-state index contributed by atoms with van der Waals surface area (Å²) >= 11 is 1.72. The van der Waals surface area contributed by atoms with E-state index >= 15 is 0 Å². The Labute approximate surface area is 158 Å². The van der Waals surface area contributed by atoms with Crippen molar-refractivity contribution in [3.63, 3.8) is 0 Å². The number of aryl methyl sites for hydroxylation is 2. The molecule has 6 heteroatoms. The molecular formula is C20H24N3O2S+. The van der Waals surface area contributed by atoms with Crippen molar-refractivity contribution in [3.05, 3.63) is 53.6 Å². The van der Waals surface area contributed by atoms with Crippen molar-refractivity contribution in [1.29, 1.82) is 0 Å². The van der Waals surface area contributed by atoms with Crippen molar-refractivity contribution in [2.75, 3.05) is 31.5 Å². The summed E-state index contributed by atoms with van der Waals surface area (Å²) in [6.07, 6.45) is 0. The highest BCUT2D eigenvalue weighted by atomic mass is 32.2. The zero-order chi connectivity index (χ0) is 18.5. The second kappa shape index (κ2) is 8.38. The average molecular weight is 370 g/mol. The maximum atomic E-state index is 12.2. The molecular weight excluding hydrogens is 346 g/mol. The molecule has 136 valence electrons. The van der Waals surface area contributed by atoms with Gasteiger partial charge in [0, 0.05) is 15.5 Å². The lowest BCUT2D eigenvalue weighted by Crippen LogP contribution is -3.16. The van der Waals surface area contributed by atoms with Gasteiger partial charge in [0.2, 0.25) is 0 Å². The van der Waals surface area contributed by atoms with Gasteiger partial charge in [-0.1, -0.05) is 23.9 Å². The van der Waals surface area contributed by atoms with Crippen molar-refractivity contribution in [3.8, 4) is 0 Å². The lowest BCUT2D eigenvalue weighted by Gasteiger charge is -2.22. The van der Waals surface area contributed by atoms with E-state index in [4.69, 9.17) is 0 Å². The second-order valence-electron chi connectivity index (χ2n) is 6.65. The predicted molar refractivity (Wildman–Crippen MR) is 104 cm³/mol. The van der Waals surface area contributed by atoms with Gasteiger partial charge in [0.25, 0.3) is 11.8 Å². The molecule has 2 aromatic rings. The number of nitrogens with one attached hydrogen (secondary N) is 3. The standard InChI is InChI=1S/C20H23N3O2S/c1-14-3-4-15(2)18(11-14)26-17-7-5-16(6-8-17)22-20(25)13-23-10-9-21-19(24)12-23/h3-8,11H,9-10,12-13H2,1-2H3,(H,21,24)(H,22,25)/p+1. The van der Waals surface area contributed by atoms with Crippen LogP contribution in [0.25, 0.3) is 0 Å². The Kier molecular flexibility index (Phi) is 5.96. The number of hydrogen-bond acceptors (Lipinski definition) is 3. The topological polar surface area (TPSA) is 62.6 Å². The maximum absolute atomic E-state index is 12.2. The van der Waals surface area contributed by atoms with E-state index in [-0.39, 0.29) is 11.8 Å². The molecule has 0 spiro atoms. The van der Waals surface area contributed by atoms with Crippen molar-refractivity contribution in [1.82, 2.24) is 5.32 Å². The lowest BCUT2D eigenvalue weighted by atomic mass is 10.2. The summed E-state index contributed by atoms with van der Waals surface area (Å²) in [5, 5.41) is 5.69. The van der Waals surface area contributed by atoms with Crippen LogP contribution in [0.5, 0.6) is 0 Å². The molecule has 1 heterocycles. The highest BCUT2D eigenvalue weighted by Crippen LogP contribution is 2.31. The van der Waals surface area contributed by atoms with Gasteiger partial charge in [0.05, 0.1) is 13.1 Å². The highest BCUT2D eigenvalue weighted by molar-refractivity contribution is 7.99. The van der Waals surface area contributed by atoms with E-state index in [9.17, 15) is 9.59 Å². The third kappa shape index (κ3) is 5.09. The Bertz CT molecular complexity index is 805. The molecule has 1 atom stereocenters. The average Bonchev–Trinajstić information content (AvgIpc) is 2.60. The highest BCUT2D eigenvalue weighted by Gasteiger charge is 2.22. The van der Waals surface area contributed by atoms with E-state index in [1.54, 1.807) is 11.8 Å². The fourth-order valence-corrected chi connectivity index (χ4v) is 3.89. The number of rotatable bonds is 5. The van der Waals surface area contributed by atoms with Gasteiger partial charge >= 0.3 is 0 Å². The van der Waals surface area contributed by atoms with Gasteiger partial charge in [0.15, 0.2) is 13.1 Å². The largest absolute Gasteiger partial charge is 0.346 e. The first kappa shape index (κ1) is 18.5. The minimum absolute atomic E-state index is 0.00636. The SMILES string of the molecule is Cc1ccc(C)c(Sc2ccc(NC(=O)C[NH+]3CCNC(=O)C3)cc2)c1. The molecule has 26 heavy (non-hydrogen) atoms. The Morgan fingerprint density at radius 3 is 2.69 bits per heavy atom. The zero-order valence-electron chi connectivity index (χ0n) is 15.1. The van der Waals surface area contributed by atoms with Crippen molar-refractivity contribution < 1.29 is 14.5 Å². The molecule has 0 aromatic heterocycles. The Morgan fingerprint density at radius 2 is 1.96 bits per heavy atom. The van der Waals surface area contributed by atoms with Crippen molar-refractivity contribution >= 4 is 29.3 Å². The minimum atomic E-state index is -0.0652. The minimum Gasteiger partial charge on any atom is -0.346 e. The van der Waals surface area contributed by atoms with Crippen LogP contribution in [0.15, 0.2) is 52.3 Å². The number of hydrogen-bond donors (Lipinski definition) is 3. The fourth-order valence-electron chi connectivity index (χ4n) is 2.89. The molecule has 0 bridgehead atoms. The molecule has 1 aliphatic rings. The van der Waals surface area contributed by atoms with Crippen LogP contribution >= 0.6 is 11.8 Å². The smallest absolute Gasteiger partial charge is 0.279 e. The van der Waals surface area contributed by atoms with Gasteiger partial charge in [-0.3, -0.25) is 9.59 Å². The van der Waals surface area contributed by atoms with E-state index in [1.165, 1.54) is 16.0 Å². The van der Waals surface area contributed by atoms with Crippen molar-refractivity contribution in [2.45, 2.75) is 23.6 Å². The molecule has 1 aliphatic heterocycles. The first-order chi connectivity index (χ1) is 12.5. The van der Waals surface area contributed by atoms with E-state index < -0.39 is 0 Å². The summed E-state index contributed by atoms with van der Waals surface area (Å²) in [4.78, 5) is 26.9. The van der Waals surface area contributed by atoms with Crippen LogP contribution < -0.4 is 15.5 Å². The third-order valence-corrected chi connectivity index (χ3v) is 5.50. The zero-order valence-corrected chi connectivity index (χ0v) is 15.9. The number of benzene rings is 2. The molecule has 1 saturated heterocycles. The number of amides is 2. The van der Waals surface area contributed by atoms with Crippen LogP contribution in [-0.2, 0) is 9.59 Å². The first-order valence-electron chi connectivity index (χ1n) is 8.75. The normalized spacial score (nSPS) is 16.8. The fraction of sp³-hybridized carbons (Fsp3) is 0.300. The van der Waals surface area contributed by atoms with Gasteiger partial charge in [-0.2, -0.15) is 0 Å². The Hall–Kier alpha value is -2.31. The molecule has 1 unspecified atom stereocenters. The quantitative estimate of drug-likeness (QED) is 0.746. The predicted octanol–water partition coefficient (Wildman–Crippen LogP) is 1.41. The summed E-state index contributed by atoms with van der Waals surface area (Å²) in [7, 11) is 0. The number of carbonyl (C=O) groups is 2. The molecule has 3 N–H and O–H groups in total. The summed E-state index contributed by atoms with van der Waals surface area (Å²) in [6, 6.07) is 14.3. The van der Waals surface area contributed by atoms with Crippen LogP contribution in [0.2, 0.25) is 0 Å². The molecule has 0 saturated carbocycles. The molecule has 2 aromatic carbocycles. The number of piperazine rings is 1. The monoisotopic (exact) mass is 370 g/mol. The van der Waals surface area contributed by atoms with Gasteiger partial charge < -0.3 is 15.5 Å². The number of carbonyl (C=O) groups excluding carboxylic acids is 2. The van der Waals surface area contributed by atoms with Gasteiger partial charge in [0.1, 0.15) is 0 Å². The van der Waals surface area contributed by atoms with Gasteiger partial charge in [-0.15, -0.1) is 0 Å². The summed E-state index contributed by atoms with van der Waals surface area (Å²) in [6.45, 7) is 6.29. The molecule has 0 radical (unpaired) electrons. The molecule has 0 aliphatic carbocycles. The van der Waals surface area contributed by atoms with Crippen LogP contribution in [0.1, 0.15) is 11.1 Å². The number of anilines is 1. The van der Waals surface area contributed by atoms with E-state index in [0.29, 0.717) is 19.6 Å². The van der Waals surface area contributed by atoms with Gasteiger partial charge in [-0.05, 0) is 55.3 Å². The molecule has 5 nitrogen and oxygen atoms in total. The van der Waals surface area contributed by atoms with Gasteiger partial charge in [-0.25, -0.2) is 0 Å². The first-order valence-corrected chi connectivity index (χ1v) is 9.56.